The van der Waals surface area contributed by atoms with Gasteiger partial charge in [0.25, 0.3) is 5.56 Å². The van der Waals surface area contributed by atoms with E-state index >= 15 is 0 Å². The molecule has 0 amide bonds. The van der Waals surface area contributed by atoms with E-state index in [4.69, 9.17) is 5.11 Å². The van der Waals surface area contributed by atoms with Crippen molar-refractivity contribution in [1.82, 2.24) is 9.55 Å². The Morgan fingerprint density at radius 1 is 1.53 bits per heavy atom. The Balaban J connectivity index is 2.39. The van der Waals surface area contributed by atoms with Crippen molar-refractivity contribution in [2.45, 2.75) is 19.4 Å². The number of nitrogens with one attached hydrogen (secondary N) is 1. The first-order valence-corrected chi connectivity index (χ1v) is 6.48. The predicted octanol–water partition coefficient (Wildman–Crippen LogP) is 1.10. The van der Waals surface area contributed by atoms with Crippen LogP contribution in [0.3, 0.4) is 0 Å². The highest BCUT2D eigenvalue weighted by Crippen LogP contribution is 2.16. The molecule has 0 radical (unpaired) electrons. The number of carboxylic acids is 1. The predicted molar refractivity (Wildman–Crippen MR) is 71.0 cm³/mol. The third-order valence-electron chi connectivity index (χ3n) is 2.75. The van der Waals surface area contributed by atoms with Gasteiger partial charge in [0.1, 0.15) is 5.56 Å². The molecule has 0 aliphatic carbocycles. The number of hydrogen-bond donors (Lipinski definition) is 2. The zero-order valence-electron chi connectivity index (χ0n) is 10.1. The molecule has 100 valence electrons. The number of carboxylic acid groups (broad SMARTS) is 1. The minimum Gasteiger partial charge on any atom is -0.477 e. The first kappa shape index (κ1) is 13.3. The highest BCUT2D eigenvalue weighted by atomic mass is 32.1. The van der Waals surface area contributed by atoms with Crippen LogP contribution < -0.4 is 11.2 Å². The Morgan fingerprint density at radius 3 is 2.84 bits per heavy atom. The van der Waals surface area contributed by atoms with E-state index in [-0.39, 0.29) is 6.04 Å². The number of carbonyl (C=O) groups is 1. The number of aromatic amines is 1. The second-order valence-electron chi connectivity index (χ2n) is 4.15. The normalized spacial score (nSPS) is 12.3. The maximum Gasteiger partial charge on any atom is 0.342 e. The number of hydrogen-bond acceptors (Lipinski definition) is 4. The van der Waals surface area contributed by atoms with Crippen LogP contribution in [0.1, 0.15) is 28.2 Å². The number of aromatic nitrogens is 2. The van der Waals surface area contributed by atoms with E-state index in [1.807, 2.05) is 22.5 Å². The largest absolute Gasteiger partial charge is 0.477 e. The Labute approximate surface area is 112 Å². The fraction of sp³-hybridized carbons (Fsp3) is 0.250. The number of nitrogens with zero attached hydrogens (tertiary/aromatic N) is 1. The second kappa shape index (κ2) is 5.23. The van der Waals surface area contributed by atoms with Crippen molar-refractivity contribution in [3.05, 3.63) is 55.0 Å². The van der Waals surface area contributed by atoms with Crippen molar-refractivity contribution in [2.24, 2.45) is 0 Å². The van der Waals surface area contributed by atoms with Crippen LogP contribution >= 0.6 is 11.3 Å². The van der Waals surface area contributed by atoms with Gasteiger partial charge in [-0.25, -0.2) is 9.59 Å². The molecular weight excluding hydrogens is 268 g/mol. The van der Waals surface area contributed by atoms with Crippen LogP contribution in [-0.2, 0) is 6.42 Å². The second-order valence-corrected chi connectivity index (χ2v) is 5.18. The fourth-order valence-corrected chi connectivity index (χ4v) is 2.61. The molecule has 1 atom stereocenters. The topological polar surface area (TPSA) is 92.2 Å². The maximum absolute atomic E-state index is 11.7. The van der Waals surface area contributed by atoms with E-state index in [2.05, 4.69) is 0 Å². The van der Waals surface area contributed by atoms with Gasteiger partial charge in [0, 0.05) is 23.5 Å². The fourth-order valence-electron chi connectivity index (χ4n) is 1.78. The van der Waals surface area contributed by atoms with Gasteiger partial charge in [0.2, 0.25) is 0 Å². The molecule has 0 aliphatic heterocycles. The van der Waals surface area contributed by atoms with Gasteiger partial charge in [-0.05, 0) is 18.4 Å². The van der Waals surface area contributed by atoms with Gasteiger partial charge in [0.15, 0.2) is 0 Å². The van der Waals surface area contributed by atoms with Gasteiger partial charge in [-0.2, -0.15) is 0 Å². The summed E-state index contributed by atoms with van der Waals surface area (Å²) in [5, 5.41) is 10.8. The molecule has 0 fully saturated rings. The molecular formula is C12H12N2O4S. The van der Waals surface area contributed by atoms with Crippen LogP contribution in [0.25, 0.3) is 0 Å². The molecule has 19 heavy (non-hydrogen) atoms. The van der Waals surface area contributed by atoms with Crippen molar-refractivity contribution in [1.29, 1.82) is 0 Å². The van der Waals surface area contributed by atoms with Gasteiger partial charge in [0.05, 0.1) is 0 Å². The van der Waals surface area contributed by atoms with Crippen molar-refractivity contribution >= 4 is 17.3 Å². The van der Waals surface area contributed by atoms with E-state index in [9.17, 15) is 14.4 Å². The van der Waals surface area contributed by atoms with E-state index in [1.54, 1.807) is 18.3 Å². The zero-order valence-corrected chi connectivity index (χ0v) is 10.9. The Kier molecular flexibility index (Phi) is 3.66. The summed E-state index contributed by atoms with van der Waals surface area (Å²) >= 11 is 1.56. The first-order valence-electron chi connectivity index (χ1n) is 5.60. The van der Waals surface area contributed by atoms with Crippen molar-refractivity contribution in [2.75, 3.05) is 0 Å². The maximum atomic E-state index is 11.7. The molecule has 2 heterocycles. The average Bonchev–Trinajstić information content (AvgIpc) is 2.81. The zero-order chi connectivity index (χ0) is 14.0. The Morgan fingerprint density at radius 2 is 2.26 bits per heavy atom. The lowest BCUT2D eigenvalue weighted by Crippen LogP contribution is -2.35. The van der Waals surface area contributed by atoms with Crippen LogP contribution in [0, 0.1) is 0 Å². The number of rotatable bonds is 4. The molecule has 2 rings (SSSR count). The molecule has 7 heteroatoms. The average molecular weight is 280 g/mol. The standard InChI is InChI=1S/C12H12N2O4S/c1-7(5-8-3-2-4-19-8)14-6-9(11(16)17)10(15)13-12(14)18/h2-4,6-7H,5H2,1H3,(H,16,17)(H,13,15,18). The number of H-pyrrole nitrogens is 1. The lowest BCUT2D eigenvalue weighted by Gasteiger charge is -2.14. The molecule has 0 bridgehead atoms. The van der Waals surface area contributed by atoms with Crippen LogP contribution in [0.4, 0.5) is 0 Å². The van der Waals surface area contributed by atoms with E-state index in [1.165, 1.54) is 4.57 Å². The smallest absolute Gasteiger partial charge is 0.342 e. The van der Waals surface area contributed by atoms with Gasteiger partial charge in [-0.3, -0.25) is 14.3 Å². The summed E-state index contributed by atoms with van der Waals surface area (Å²) in [4.78, 5) is 37.0. The van der Waals surface area contributed by atoms with Crippen molar-refractivity contribution in [3.8, 4) is 0 Å². The lowest BCUT2D eigenvalue weighted by atomic mass is 10.2. The van der Waals surface area contributed by atoms with Gasteiger partial charge in [-0.1, -0.05) is 6.07 Å². The van der Waals surface area contributed by atoms with Gasteiger partial charge in [-0.15, -0.1) is 11.3 Å². The molecule has 0 spiro atoms. The molecule has 0 saturated heterocycles. The molecule has 1 unspecified atom stereocenters. The van der Waals surface area contributed by atoms with Crippen LogP contribution in [0.15, 0.2) is 33.3 Å². The third-order valence-corrected chi connectivity index (χ3v) is 3.65. The molecule has 2 aromatic rings. The highest BCUT2D eigenvalue weighted by molar-refractivity contribution is 7.09. The third kappa shape index (κ3) is 2.82. The minimum absolute atomic E-state index is 0.235. The first-order chi connectivity index (χ1) is 8.99. The van der Waals surface area contributed by atoms with Gasteiger partial charge >= 0.3 is 11.7 Å². The lowest BCUT2D eigenvalue weighted by molar-refractivity contribution is 0.0693. The van der Waals surface area contributed by atoms with E-state index in [0.717, 1.165) is 11.1 Å². The number of aromatic carboxylic acids is 1. The van der Waals surface area contributed by atoms with Crippen molar-refractivity contribution < 1.29 is 9.90 Å². The highest BCUT2D eigenvalue weighted by Gasteiger charge is 2.15. The SMILES string of the molecule is CC(Cc1cccs1)n1cc(C(=O)O)c(=O)[nH]c1=O. The summed E-state index contributed by atoms with van der Waals surface area (Å²) in [6, 6.07) is 3.61. The van der Waals surface area contributed by atoms with Crippen LogP contribution in [-0.4, -0.2) is 20.6 Å². The van der Waals surface area contributed by atoms with E-state index < -0.39 is 22.8 Å². The van der Waals surface area contributed by atoms with Crippen LogP contribution in [0.2, 0.25) is 0 Å². The van der Waals surface area contributed by atoms with Crippen molar-refractivity contribution in [3.63, 3.8) is 0 Å². The van der Waals surface area contributed by atoms with Gasteiger partial charge < -0.3 is 5.11 Å². The van der Waals surface area contributed by atoms with E-state index in [0.29, 0.717) is 6.42 Å². The molecule has 0 aromatic carbocycles. The summed E-state index contributed by atoms with van der Waals surface area (Å²) in [5.74, 6) is -1.35. The summed E-state index contributed by atoms with van der Waals surface area (Å²) in [5.41, 5.74) is -1.91. The minimum atomic E-state index is -1.35. The summed E-state index contributed by atoms with van der Waals surface area (Å²) in [6.07, 6.45) is 1.70. The summed E-state index contributed by atoms with van der Waals surface area (Å²) < 4.78 is 1.24. The summed E-state index contributed by atoms with van der Waals surface area (Å²) in [7, 11) is 0. The molecule has 0 saturated carbocycles. The summed E-state index contributed by atoms with van der Waals surface area (Å²) in [6.45, 7) is 1.80. The number of thiophene rings is 1. The molecule has 0 aliphatic rings. The Bertz CT molecular complexity index is 699. The molecule has 2 aromatic heterocycles. The monoisotopic (exact) mass is 280 g/mol. The Hall–Kier alpha value is -2.15. The molecule has 2 N–H and O–H groups in total. The quantitative estimate of drug-likeness (QED) is 0.877. The molecule has 6 nitrogen and oxygen atoms in total. The van der Waals surface area contributed by atoms with Crippen LogP contribution in [0.5, 0.6) is 0 Å².